The highest BCUT2D eigenvalue weighted by Gasteiger charge is 2.42. The van der Waals surface area contributed by atoms with E-state index >= 15 is 0 Å². The van der Waals surface area contributed by atoms with E-state index in [1.165, 1.54) is 48.2 Å². The largest absolute Gasteiger partial charge is 0.344 e. The second-order valence-electron chi connectivity index (χ2n) is 22.2. The average molecular weight is 1110 g/mol. The van der Waals surface area contributed by atoms with Crippen molar-refractivity contribution in [3.63, 3.8) is 0 Å². The molecule has 1 aliphatic rings. The second kappa shape index (κ2) is 29.8. The van der Waals surface area contributed by atoms with Gasteiger partial charge in [-0.05, 0) is 92.8 Å². The summed E-state index contributed by atoms with van der Waals surface area (Å²) in [7, 11) is -0.976. The summed E-state index contributed by atoms with van der Waals surface area (Å²) in [6.07, 6.45) is 7.07. The lowest BCUT2D eigenvalue weighted by atomic mass is 9.76. The number of nitrogens with one attached hydrogen (secondary N) is 6. The van der Waals surface area contributed by atoms with Crippen molar-refractivity contribution in [2.75, 3.05) is 32.5 Å². The first-order chi connectivity index (χ1) is 37.2. The third kappa shape index (κ3) is 19.7. The molecule has 0 saturated carbocycles. The summed E-state index contributed by atoms with van der Waals surface area (Å²) in [6, 6.07) is 20.3. The second-order valence-corrected chi connectivity index (χ2v) is 23.9. The van der Waals surface area contributed by atoms with E-state index < -0.39 is 80.4 Å². The van der Waals surface area contributed by atoms with Crippen molar-refractivity contribution < 1.29 is 46.8 Å². The molecule has 3 aromatic carbocycles. The molecule has 0 fully saturated rings. The molecular weight excluding hydrogens is 1030 g/mol. The van der Waals surface area contributed by atoms with Crippen molar-refractivity contribution in [1.29, 1.82) is 0 Å². The van der Waals surface area contributed by atoms with Crippen LogP contribution in [0.1, 0.15) is 117 Å². The van der Waals surface area contributed by atoms with Crippen molar-refractivity contribution in [1.82, 2.24) is 35.8 Å². The molecule has 3 aromatic rings. The molecule has 1 aliphatic heterocycles. The van der Waals surface area contributed by atoms with Gasteiger partial charge in [0.25, 0.3) is 17.7 Å². The van der Waals surface area contributed by atoms with Gasteiger partial charge < -0.3 is 37.2 Å². The van der Waals surface area contributed by atoms with Gasteiger partial charge in [0.15, 0.2) is 0 Å². The number of hydrogen-bond acceptors (Lipinski definition) is 12. The summed E-state index contributed by atoms with van der Waals surface area (Å²) in [6.45, 7) is 15.3. The number of imide groups is 1. The molecule has 20 heteroatoms. The van der Waals surface area contributed by atoms with Crippen LogP contribution in [0, 0.1) is 11.3 Å². The maximum Gasteiger partial charge on any atom is 0.260 e. The molecule has 0 unspecified atom stereocenters. The number of hydrogen-bond donors (Lipinski definition) is 7. The number of benzene rings is 3. The highest BCUT2D eigenvalue weighted by molar-refractivity contribution is 7.89. The van der Waals surface area contributed by atoms with E-state index in [9.17, 15) is 46.8 Å². The standard InChI is InChI=1S/C59H83N9O10S/c1-39(2)47(67(10)57(76)52(58(4,5)6)65-56(75)51(61-9)59(7,8)43-24-16-12-17-25-43)36-40(3)53(72)66-79(77,78)38-42-28-30-44(31-29-42)62-54(73)45(26-19-20-34-60)64-55(74)46(37-41-22-14-11-15-23-41)63-48(69)27-18-13-21-35-68-49(70)32-33-50(68)71/h11-12,14-17,22-25,28-33,36,39,45-47,51-52,61H,13,18-21,26-27,34-35,37-38,60H2,1-10H3,(H,62,73)(H,63,69)(H,64,74)(H,65,75)(H,66,72)/b40-36+/t45-,46-,47+,51+,52+/m0/s1. The molecule has 8 amide bonds. The van der Waals surface area contributed by atoms with Crippen LogP contribution in [0.15, 0.2) is 109 Å². The fourth-order valence-electron chi connectivity index (χ4n) is 9.30. The first-order valence-electron chi connectivity index (χ1n) is 27.0. The molecule has 79 heavy (non-hydrogen) atoms. The van der Waals surface area contributed by atoms with Crippen LogP contribution in [0.2, 0.25) is 0 Å². The molecule has 0 bridgehead atoms. The van der Waals surface area contributed by atoms with Gasteiger partial charge >= 0.3 is 0 Å². The lowest BCUT2D eigenvalue weighted by Crippen LogP contribution is -2.61. The number of amides is 8. The summed E-state index contributed by atoms with van der Waals surface area (Å²) in [4.78, 5) is 109. The fraction of sp³-hybridized carbons (Fsp3) is 0.492. The minimum absolute atomic E-state index is 0.0517. The van der Waals surface area contributed by atoms with E-state index in [1.807, 2.05) is 109 Å². The molecule has 0 saturated heterocycles. The Labute approximate surface area is 466 Å². The van der Waals surface area contributed by atoms with Crippen LogP contribution in [0.4, 0.5) is 5.69 Å². The van der Waals surface area contributed by atoms with Crippen molar-refractivity contribution in [3.05, 3.63) is 125 Å². The summed E-state index contributed by atoms with van der Waals surface area (Å²) in [5, 5.41) is 14.6. The van der Waals surface area contributed by atoms with Gasteiger partial charge in [0.1, 0.15) is 18.1 Å². The van der Waals surface area contributed by atoms with Crippen LogP contribution in [-0.4, -0.2) is 123 Å². The monoisotopic (exact) mass is 1110 g/mol. The number of carbonyl (C=O) groups is 8. The Hall–Kier alpha value is -7.03. The highest BCUT2D eigenvalue weighted by Crippen LogP contribution is 2.29. The van der Waals surface area contributed by atoms with Crippen LogP contribution in [-0.2, 0) is 66.0 Å². The van der Waals surface area contributed by atoms with Crippen LogP contribution in [0.3, 0.4) is 0 Å². The number of nitrogens with zero attached hydrogens (tertiary/aromatic N) is 2. The molecule has 0 radical (unpaired) electrons. The molecule has 0 spiro atoms. The molecule has 0 aromatic heterocycles. The van der Waals surface area contributed by atoms with E-state index in [0.29, 0.717) is 49.9 Å². The Morgan fingerprint density at radius 3 is 1.89 bits per heavy atom. The van der Waals surface area contributed by atoms with Crippen LogP contribution in [0.5, 0.6) is 0 Å². The Balaban J connectivity index is 1.39. The number of unbranched alkanes of at least 4 members (excludes halogenated alkanes) is 3. The van der Waals surface area contributed by atoms with Crippen LogP contribution in [0.25, 0.3) is 0 Å². The molecule has 1 heterocycles. The Morgan fingerprint density at radius 1 is 0.709 bits per heavy atom. The number of likely N-dealkylation sites (N-methyl/N-ethyl adjacent to an activating group) is 2. The predicted octanol–water partition coefficient (Wildman–Crippen LogP) is 4.92. The zero-order valence-electron chi connectivity index (χ0n) is 47.5. The van der Waals surface area contributed by atoms with Crippen LogP contribution >= 0.6 is 0 Å². The van der Waals surface area contributed by atoms with E-state index in [4.69, 9.17) is 5.73 Å². The highest BCUT2D eigenvalue weighted by atomic mass is 32.2. The normalized spacial score (nSPS) is 14.9. The molecule has 19 nitrogen and oxygen atoms in total. The predicted molar refractivity (Wildman–Crippen MR) is 306 cm³/mol. The first kappa shape index (κ1) is 64.5. The van der Waals surface area contributed by atoms with Crippen molar-refractivity contribution in [3.8, 4) is 0 Å². The summed E-state index contributed by atoms with van der Waals surface area (Å²) >= 11 is 0. The third-order valence-electron chi connectivity index (χ3n) is 14.0. The maximum atomic E-state index is 14.4. The molecule has 5 atom stereocenters. The summed E-state index contributed by atoms with van der Waals surface area (Å²) < 4.78 is 29.0. The zero-order valence-corrected chi connectivity index (χ0v) is 48.3. The van der Waals surface area contributed by atoms with E-state index in [1.54, 1.807) is 20.2 Å². The van der Waals surface area contributed by atoms with E-state index in [2.05, 4.69) is 31.3 Å². The lowest BCUT2D eigenvalue weighted by Gasteiger charge is -2.40. The van der Waals surface area contributed by atoms with Gasteiger partial charge in [0.2, 0.25) is 39.6 Å². The lowest BCUT2D eigenvalue weighted by molar-refractivity contribution is -0.141. The quantitative estimate of drug-likeness (QED) is 0.0266. The maximum absolute atomic E-state index is 14.4. The first-order valence-corrected chi connectivity index (χ1v) is 28.6. The summed E-state index contributed by atoms with van der Waals surface area (Å²) in [5.74, 6) is -4.68. The Morgan fingerprint density at radius 2 is 1.32 bits per heavy atom. The molecule has 4 rings (SSSR count). The minimum Gasteiger partial charge on any atom is -0.344 e. The Kier molecular flexibility index (Phi) is 24.3. The topological polar surface area (TPSA) is 275 Å². The number of nitrogens with two attached hydrogens (primary N) is 1. The molecule has 430 valence electrons. The minimum atomic E-state index is -4.27. The zero-order chi connectivity index (χ0) is 58.7. The number of sulfonamides is 1. The van der Waals surface area contributed by atoms with Gasteiger partial charge in [0.05, 0.1) is 17.8 Å². The number of carbonyl (C=O) groups excluding carboxylic acids is 8. The van der Waals surface area contributed by atoms with Gasteiger partial charge in [-0.1, -0.05) is 134 Å². The number of anilines is 1. The average Bonchev–Trinajstić information content (AvgIpc) is 3.72. The number of rotatable bonds is 30. The molecule has 8 N–H and O–H groups in total. The van der Waals surface area contributed by atoms with Gasteiger partial charge in [0, 0.05) is 55.3 Å². The van der Waals surface area contributed by atoms with Gasteiger partial charge in [-0.3, -0.25) is 43.3 Å². The van der Waals surface area contributed by atoms with Gasteiger partial charge in [-0.15, -0.1) is 0 Å². The van der Waals surface area contributed by atoms with Crippen molar-refractivity contribution in [2.24, 2.45) is 17.1 Å². The molecular formula is C59H83N9O10S. The van der Waals surface area contributed by atoms with Gasteiger partial charge in [-0.25, -0.2) is 13.1 Å². The van der Waals surface area contributed by atoms with E-state index in [-0.39, 0.29) is 60.9 Å². The SMILES string of the molecule is CN[C@H](C(=O)N[C@H](C(=O)N(C)[C@H](/C=C(\C)C(=O)NS(=O)(=O)Cc1ccc(NC(=O)[C@H](CCCCN)NC(=O)[C@H](Cc2ccccc2)NC(=O)CCCCCN2C(=O)C=CC2=O)cc1)C(C)C)C(C)(C)C)C(C)(C)c1ccccc1. The Bertz CT molecular complexity index is 2740. The summed E-state index contributed by atoms with van der Waals surface area (Å²) in [5.41, 5.74) is 6.77. The van der Waals surface area contributed by atoms with E-state index in [0.717, 1.165) is 16.0 Å². The van der Waals surface area contributed by atoms with Gasteiger partial charge in [-0.2, -0.15) is 0 Å². The molecule has 0 aliphatic carbocycles. The van der Waals surface area contributed by atoms with Crippen molar-refractivity contribution in [2.45, 2.75) is 148 Å². The van der Waals surface area contributed by atoms with Crippen molar-refractivity contribution >= 4 is 63.0 Å². The third-order valence-corrected chi connectivity index (χ3v) is 15.2. The smallest absolute Gasteiger partial charge is 0.260 e. The van der Waals surface area contributed by atoms with Crippen LogP contribution < -0.4 is 37.0 Å². The fourth-order valence-corrected chi connectivity index (χ4v) is 10.4.